The van der Waals surface area contributed by atoms with Gasteiger partial charge in [-0.05, 0) is 47.0 Å². The molecule has 2 unspecified atom stereocenters. The lowest BCUT2D eigenvalue weighted by Crippen LogP contribution is -2.47. The number of tetrazole rings is 1. The standard InChI is InChI=1S/C22H26F3IN6O/c1-14-10-17(32-21(22(23,24)25)29-30-31-32)11-16(20(14)33-13-26)12-28-18-8-5-9-27-19(18)15-6-3-2-4-7-15/h2-4,6-7,10-11,14,18-20,27-28H,5,8-9,12-13H2,1H3/t14?,18-,19-,20?/m0/s1. The van der Waals surface area contributed by atoms with Crippen LogP contribution in [0.2, 0.25) is 0 Å². The lowest BCUT2D eigenvalue weighted by Gasteiger charge is -2.35. The number of rotatable bonds is 7. The Balaban J connectivity index is 1.57. The Labute approximate surface area is 204 Å². The van der Waals surface area contributed by atoms with E-state index in [-0.39, 0.29) is 24.1 Å². The third-order valence-electron chi connectivity index (χ3n) is 6.01. The number of allylic oxidation sites excluding steroid dienone is 2. The zero-order valence-electron chi connectivity index (χ0n) is 18.1. The lowest BCUT2D eigenvalue weighted by atomic mass is 9.89. The van der Waals surface area contributed by atoms with Crippen molar-refractivity contribution < 1.29 is 17.9 Å². The molecule has 2 N–H and O–H groups in total. The number of hydrogen-bond acceptors (Lipinski definition) is 6. The van der Waals surface area contributed by atoms with Crippen molar-refractivity contribution in [2.45, 2.75) is 44.1 Å². The fourth-order valence-electron chi connectivity index (χ4n) is 4.53. The van der Waals surface area contributed by atoms with Gasteiger partial charge in [-0.25, -0.2) is 0 Å². The molecule has 2 aromatic rings. The summed E-state index contributed by atoms with van der Waals surface area (Å²) in [6.07, 6.45) is 0.600. The van der Waals surface area contributed by atoms with E-state index in [0.717, 1.165) is 29.6 Å². The molecule has 4 atom stereocenters. The molecule has 2 heterocycles. The van der Waals surface area contributed by atoms with Crippen LogP contribution in [0.3, 0.4) is 0 Å². The number of aromatic nitrogens is 4. The van der Waals surface area contributed by atoms with Gasteiger partial charge in [-0.2, -0.15) is 17.9 Å². The maximum atomic E-state index is 13.4. The molecule has 11 heteroatoms. The second-order valence-corrected chi connectivity index (χ2v) is 8.87. The van der Waals surface area contributed by atoms with E-state index in [9.17, 15) is 13.2 Å². The van der Waals surface area contributed by atoms with Gasteiger partial charge in [0.1, 0.15) is 0 Å². The van der Waals surface area contributed by atoms with Crippen molar-refractivity contribution in [1.82, 2.24) is 30.8 Å². The number of hydrogen-bond donors (Lipinski definition) is 2. The number of halogens is 4. The molecule has 0 bridgehead atoms. The summed E-state index contributed by atoms with van der Waals surface area (Å²) < 4.78 is 47.3. The summed E-state index contributed by atoms with van der Waals surface area (Å²) in [6, 6.07) is 10.6. The number of nitrogens with one attached hydrogen (secondary N) is 2. The molecule has 0 saturated carbocycles. The van der Waals surface area contributed by atoms with Gasteiger partial charge in [0.25, 0.3) is 5.82 Å². The molecule has 178 valence electrons. The second-order valence-electron chi connectivity index (χ2n) is 8.25. The summed E-state index contributed by atoms with van der Waals surface area (Å²) in [5, 5.41) is 17.3. The first-order valence-electron chi connectivity index (χ1n) is 10.9. The van der Waals surface area contributed by atoms with Gasteiger partial charge in [0, 0.05) is 24.5 Å². The minimum absolute atomic E-state index is 0.142. The van der Waals surface area contributed by atoms with Crippen LogP contribution in [0.25, 0.3) is 5.70 Å². The van der Waals surface area contributed by atoms with Gasteiger partial charge >= 0.3 is 6.18 Å². The maximum absolute atomic E-state index is 13.4. The minimum Gasteiger partial charge on any atom is -0.363 e. The third-order valence-corrected chi connectivity index (χ3v) is 6.37. The monoisotopic (exact) mass is 574 g/mol. The number of alkyl halides is 4. The van der Waals surface area contributed by atoms with Gasteiger partial charge in [-0.15, -0.1) is 5.10 Å². The summed E-state index contributed by atoms with van der Waals surface area (Å²) in [7, 11) is 0. The SMILES string of the molecule is CC1C=C(n2nnnc2C(F)(F)F)C=C(CN[C@H]2CCCN[C@H]2c2ccccc2)C1OCI. The van der Waals surface area contributed by atoms with Crippen LogP contribution < -0.4 is 10.6 Å². The van der Waals surface area contributed by atoms with Crippen LogP contribution in [0.4, 0.5) is 13.2 Å². The molecule has 1 aromatic heterocycles. The fourth-order valence-corrected chi connectivity index (χ4v) is 4.92. The van der Waals surface area contributed by atoms with Crippen molar-refractivity contribution in [3.63, 3.8) is 0 Å². The van der Waals surface area contributed by atoms with Gasteiger partial charge in [0.15, 0.2) is 0 Å². The van der Waals surface area contributed by atoms with Gasteiger partial charge in [-0.3, -0.25) is 0 Å². The van der Waals surface area contributed by atoms with E-state index in [2.05, 4.69) is 60.9 Å². The smallest absolute Gasteiger partial charge is 0.363 e. The maximum Gasteiger partial charge on any atom is 0.453 e. The molecule has 2 aliphatic rings. The van der Waals surface area contributed by atoms with Crippen molar-refractivity contribution >= 4 is 28.3 Å². The average Bonchev–Trinajstić information content (AvgIpc) is 3.31. The molecule has 1 aliphatic heterocycles. The van der Waals surface area contributed by atoms with Crippen LogP contribution in [0.5, 0.6) is 0 Å². The largest absolute Gasteiger partial charge is 0.453 e. The van der Waals surface area contributed by atoms with Crippen LogP contribution in [-0.4, -0.2) is 50.1 Å². The van der Waals surface area contributed by atoms with E-state index in [1.54, 1.807) is 12.2 Å². The van der Waals surface area contributed by atoms with E-state index < -0.39 is 12.0 Å². The van der Waals surface area contributed by atoms with Crippen LogP contribution in [0.1, 0.15) is 37.2 Å². The Kier molecular flexibility index (Phi) is 7.82. The molecule has 0 radical (unpaired) electrons. The molecule has 1 aromatic carbocycles. The quantitative estimate of drug-likeness (QED) is 0.385. The van der Waals surface area contributed by atoms with Crippen molar-refractivity contribution in [2.75, 3.05) is 17.7 Å². The number of ether oxygens (including phenoxy) is 1. The highest BCUT2D eigenvalue weighted by molar-refractivity contribution is 14.1. The highest BCUT2D eigenvalue weighted by Crippen LogP contribution is 2.33. The van der Waals surface area contributed by atoms with Crippen molar-refractivity contribution in [3.05, 3.63) is 59.4 Å². The summed E-state index contributed by atoms with van der Waals surface area (Å²) >= 11 is 2.14. The molecule has 1 aliphatic carbocycles. The van der Waals surface area contributed by atoms with Crippen molar-refractivity contribution in [1.29, 1.82) is 0 Å². The summed E-state index contributed by atoms with van der Waals surface area (Å²) in [5.74, 6) is -1.28. The predicted octanol–water partition coefficient (Wildman–Crippen LogP) is 3.97. The summed E-state index contributed by atoms with van der Waals surface area (Å²) in [5.41, 5.74) is 2.38. The highest BCUT2D eigenvalue weighted by Gasteiger charge is 2.39. The third kappa shape index (κ3) is 5.64. The number of benzene rings is 1. The molecule has 0 spiro atoms. The first-order valence-corrected chi connectivity index (χ1v) is 12.4. The van der Waals surface area contributed by atoms with E-state index in [1.807, 2.05) is 25.1 Å². The van der Waals surface area contributed by atoms with Gasteiger partial charge in [-0.1, -0.05) is 65.9 Å². The average molecular weight is 574 g/mol. The van der Waals surface area contributed by atoms with Gasteiger partial charge < -0.3 is 15.4 Å². The fraction of sp³-hybridized carbons (Fsp3) is 0.500. The highest BCUT2D eigenvalue weighted by atomic mass is 127. The van der Waals surface area contributed by atoms with E-state index in [1.165, 1.54) is 5.56 Å². The Hall–Kier alpha value is -1.83. The Morgan fingerprint density at radius 2 is 2.06 bits per heavy atom. The minimum atomic E-state index is -4.65. The van der Waals surface area contributed by atoms with Crippen molar-refractivity contribution in [3.8, 4) is 0 Å². The molecular formula is C22H26F3IN6O. The van der Waals surface area contributed by atoms with Crippen LogP contribution in [0.15, 0.2) is 48.1 Å². The van der Waals surface area contributed by atoms with Crippen LogP contribution >= 0.6 is 22.6 Å². The van der Waals surface area contributed by atoms with Crippen LogP contribution in [-0.2, 0) is 10.9 Å². The first kappa shape index (κ1) is 24.3. The molecule has 0 amide bonds. The Morgan fingerprint density at radius 1 is 1.27 bits per heavy atom. The zero-order chi connectivity index (χ0) is 23.4. The molecule has 7 nitrogen and oxygen atoms in total. The topological polar surface area (TPSA) is 76.9 Å². The Morgan fingerprint density at radius 3 is 2.79 bits per heavy atom. The second kappa shape index (κ2) is 10.6. The number of piperidine rings is 1. The Bertz CT molecular complexity index is 994. The van der Waals surface area contributed by atoms with E-state index in [4.69, 9.17) is 4.74 Å². The lowest BCUT2D eigenvalue weighted by molar-refractivity contribution is -0.146. The first-order chi connectivity index (χ1) is 15.9. The van der Waals surface area contributed by atoms with Gasteiger partial charge in [0.05, 0.1) is 16.4 Å². The molecule has 1 saturated heterocycles. The molecule has 1 fully saturated rings. The zero-order valence-corrected chi connectivity index (χ0v) is 20.3. The summed E-state index contributed by atoms with van der Waals surface area (Å²) in [4.78, 5) is 0. The van der Waals surface area contributed by atoms with Gasteiger partial charge in [0.2, 0.25) is 0 Å². The normalized spacial score (nSPS) is 26.1. The van der Waals surface area contributed by atoms with E-state index in [0.29, 0.717) is 16.9 Å². The molecule has 4 rings (SSSR count). The predicted molar refractivity (Wildman–Crippen MR) is 126 cm³/mol. The van der Waals surface area contributed by atoms with Crippen LogP contribution in [0, 0.1) is 5.92 Å². The van der Waals surface area contributed by atoms with E-state index >= 15 is 0 Å². The molecular weight excluding hydrogens is 548 g/mol. The number of nitrogens with zero attached hydrogens (tertiary/aromatic N) is 4. The molecule has 33 heavy (non-hydrogen) atoms. The summed E-state index contributed by atoms with van der Waals surface area (Å²) in [6.45, 7) is 3.36. The van der Waals surface area contributed by atoms with Crippen molar-refractivity contribution in [2.24, 2.45) is 5.92 Å².